The molecule has 0 radical (unpaired) electrons. The number of carboxylic acid groups (broad SMARTS) is 1. The third kappa shape index (κ3) is 4.95. The Bertz CT molecular complexity index is 1260. The van der Waals surface area contributed by atoms with Gasteiger partial charge in [0.2, 0.25) is 0 Å². The molecule has 2 heterocycles. The van der Waals surface area contributed by atoms with Crippen LogP contribution in [0.5, 0.6) is 0 Å². The molecule has 6 nitrogen and oxygen atoms in total. The number of benzene rings is 2. The average Bonchev–Trinajstić information content (AvgIpc) is 3.24. The highest BCUT2D eigenvalue weighted by Gasteiger charge is 2.38. The van der Waals surface area contributed by atoms with Gasteiger partial charge in [0.05, 0.1) is 18.2 Å². The number of carbonyl (C=O) groups is 2. The molecule has 1 unspecified atom stereocenters. The van der Waals surface area contributed by atoms with Crippen molar-refractivity contribution in [3.8, 4) is 11.1 Å². The first kappa shape index (κ1) is 23.9. The molecular weight excluding hydrogens is 480 g/mol. The second-order valence-electron chi connectivity index (χ2n) is 7.95. The smallest absolute Gasteiger partial charge is 0.306 e. The van der Waals surface area contributed by atoms with Gasteiger partial charge >= 0.3 is 5.97 Å². The van der Waals surface area contributed by atoms with Gasteiger partial charge in [0, 0.05) is 34.4 Å². The van der Waals surface area contributed by atoms with Crippen LogP contribution in [-0.4, -0.2) is 38.9 Å². The van der Waals surface area contributed by atoms with Crippen LogP contribution in [0.25, 0.3) is 11.1 Å². The predicted molar refractivity (Wildman–Crippen MR) is 129 cm³/mol. The maximum Gasteiger partial charge on any atom is 0.306 e. The molecule has 4 rings (SSSR count). The number of hydrazone groups is 1. The summed E-state index contributed by atoms with van der Waals surface area (Å²) in [6.07, 6.45) is 0.524. The van der Waals surface area contributed by atoms with E-state index in [4.69, 9.17) is 28.3 Å². The van der Waals surface area contributed by atoms with E-state index in [1.807, 2.05) is 19.1 Å². The second kappa shape index (κ2) is 9.91. The molecule has 1 aliphatic rings. The Balaban J connectivity index is 1.79. The molecule has 3 aromatic rings. The highest BCUT2D eigenvalue weighted by atomic mass is 35.5. The lowest BCUT2D eigenvalue weighted by Crippen LogP contribution is -2.35. The van der Waals surface area contributed by atoms with Gasteiger partial charge in [-0.05, 0) is 53.4 Å². The number of pyridine rings is 1. The van der Waals surface area contributed by atoms with Crippen molar-refractivity contribution in [2.45, 2.75) is 32.0 Å². The molecule has 2 aromatic carbocycles. The molecule has 2 atom stereocenters. The van der Waals surface area contributed by atoms with Crippen molar-refractivity contribution in [1.82, 2.24) is 9.99 Å². The van der Waals surface area contributed by atoms with E-state index in [1.54, 1.807) is 48.8 Å². The summed E-state index contributed by atoms with van der Waals surface area (Å²) >= 11 is 12.1. The Morgan fingerprint density at radius 1 is 1.09 bits per heavy atom. The van der Waals surface area contributed by atoms with Crippen LogP contribution < -0.4 is 0 Å². The molecule has 9 heteroatoms. The summed E-state index contributed by atoms with van der Waals surface area (Å²) in [5, 5.41) is 15.6. The number of hydrogen-bond donors (Lipinski definition) is 1. The number of nitrogens with zero attached hydrogens (tertiary/aromatic N) is 3. The van der Waals surface area contributed by atoms with Crippen molar-refractivity contribution in [2.75, 3.05) is 0 Å². The molecule has 0 saturated carbocycles. The standard InChI is InChI=1S/C25H20Cl2FN3O3/c1-14-12-29-13-19(24(14)16-4-8-18(27)9-5-16)21-11-22(15-2-6-17(26)7-3-15)31(30-21)25(34)20(28)10-23(32)33/h2-9,12-13,20,22H,10-11H2,1H3,(H,32,33)/t20?,22-/m1/s1. The van der Waals surface area contributed by atoms with Gasteiger partial charge in [0.25, 0.3) is 5.91 Å². The number of aromatic nitrogens is 1. The first-order valence-electron chi connectivity index (χ1n) is 10.5. The van der Waals surface area contributed by atoms with Gasteiger partial charge in [-0.2, -0.15) is 5.10 Å². The lowest BCUT2D eigenvalue weighted by atomic mass is 9.91. The lowest BCUT2D eigenvalue weighted by Gasteiger charge is -2.23. The third-order valence-corrected chi connectivity index (χ3v) is 6.10. The fourth-order valence-corrected chi connectivity index (χ4v) is 4.24. The number of carbonyl (C=O) groups excluding carboxylic acids is 1. The fraction of sp³-hybridized carbons (Fsp3) is 0.200. The third-order valence-electron chi connectivity index (χ3n) is 5.59. The maximum absolute atomic E-state index is 14.5. The molecule has 34 heavy (non-hydrogen) atoms. The number of amides is 1. The summed E-state index contributed by atoms with van der Waals surface area (Å²) in [5.41, 5.74) is 4.60. The quantitative estimate of drug-likeness (QED) is 0.460. The van der Waals surface area contributed by atoms with E-state index >= 15 is 0 Å². The Kier molecular flexibility index (Phi) is 6.95. The minimum absolute atomic E-state index is 0.291. The Morgan fingerprint density at radius 3 is 2.32 bits per heavy atom. The minimum atomic E-state index is -2.22. The highest BCUT2D eigenvalue weighted by Crippen LogP contribution is 2.37. The van der Waals surface area contributed by atoms with E-state index in [9.17, 15) is 14.0 Å². The number of halogens is 3. The van der Waals surface area contributed by atoms with Gasteiger partial charge in [-0.25, -0.2) is 9.40 Å². The zero-order valence-electron chi connectivity index (χ0n) is 18.1. The zero-order valence-corrected chi connectivity index (χ0v) is 19.6. The molecule has 0 bridgehead atoms. The van der Waals surface area contributed by atoms with E-state index in [-0.39, 0.29) is 0 Å². The Morgan fingerprint density at radius 2 is 1.71 bits per heavy atom. The normalized spacial score (nSPS) is 16.3. The highest BCUT2D eigenvalue weighted by molar-refractivity contribution is 6.30. The monoisotopic (exact) mass is 499 g/mol. The lowest BCUT2D eigenvalue weighted by molar-refractivity contribution is -0.146. The van der Waals surface area contributed by atoms with Crippen LogP contribution in [-0.2, 0) is 9.59 Å². The van der Waals surface area contributed by atoms with Gasteiger partial charge in [0.15, 0.2) is 6.17 Å². The van der Waals surface area contributed by atoms with Gasteiger partial charge < -0.3 is 5.11 Å². The van der Waals surface area contributed by atoms with Gasteiger partial charge in [0.1, 0.15) is 0 Å². The fourth-order valence-electron chi connectivity index (χ4n) is 3.99. The molecule has 1 aromatic heterocycles. The molecule has 1 aliphatic heterocycles. The average molecular weight is 500 g/mol. The van der Waals surface area contributed by atoms with Crippen molar-refractivity contribution in [3.05, 3.63) is 87.7 Å². The number of carboxylic acids is 1. The maximum atomic E-state index is 14.5. The van der Waals surface area contributed by atoms with Gasteiger partial charge in [-0.1, -0.05) is 47.5 Å². The molecule has 0 spiro atoms. The number of rotatable bonds is 6. The first-order chi connectivity index (χ1) is 16.2. The number of alkyl halides is 1. The van der Waals surface area contributed by atoms with Crippen LogP contribution in [0.15, 0.2) is 66.0 Å². The minimum Gasteiger partial charge on any atom is -0.481 e. The predicted octanol–water partition coefficient (Wildman–Crippen LogP) is 5.85. The molecule has 0 aliphatic carbocycles. The van der Waals surface area contributed by atoms with Crippen LogP contribution in [0.4, 0.5) is 4.39 Å². The largest absolute Gasteiger partial charge is 0.481 e. The summed E-state index contributed by atoms with van der Waals surface area (Å²) in [7, 11) is 0. The zero-order chi connectivity index (χ0) is 24.4. The van der Waals surface area contributed by atoms with Crippen molar-refractivity contribution < 1.29 is 19.1 Å². The number of hydrogen-bond acceptors (Lipinski definition) is 4. The van der Waals surface area contributed by atoms with E-state index in [0.717, 1.165) is 21.7 Å². The first-order valence-corrected chi connectivity index (χ1v) is 11.2. The molecule has 1 N–H and O–H groups in total. The Hall–Kier alpha value is -3.29. The van der Waals surface area contributed by atoms with Crippen LogP contribution in [0, 0.1) is 6.92 Å². The Labute approximate surface area is 205 Å². The molecular formula is C25H20Cl2FN3O3. The van der Waals surface area contributed by atoms with Crippen molar-refractivity contribution >= 4 is 40.8 Å². The summed E-state index contributed by atoms with van der Waals surface area (Å²) < 4.78 is 14.5. The van der Waals surface area contributed by atoms with E-state index < -0.39 is 30.5 Å². The van der Waals surface area contributed by atoms with Crippen LogP contribution >= 0.6 is 23.2 Å². The van der Waals surface area contributed by atoms with Crippen molar-refractivity contribution in [2.24, 2.45) is 5.10 Å². The van der Waals surface area contributed by atoms with E-state index in [1.165, 1.54) is 0 Å². The summed E-state index contributed by atoms with van der Waals surface area (Å²) in [6.45, 7) is 1.92. The van der Waals surface area contributed by atoms with E-state index in [0.29, 0.717) is 33.3 Å². The van der Waals surface area contributed by atoms with Crippen molar-refractivity contribution in [3.63, 3.8) is 0 Å². The molecule has 174 valence electrons. The molecule has 0 fully saturated rings. The van der Waals surface area contributed by atoms with Crippen LogP contribution in [0.1, 0.15) is 35.6 Å². The van der Waals surface area contributed by atoms with Crippen LogP contribution in [0.3, 0.4) is 0 Å². The summed E-state index contributed by atoms with van der Waals surface area (Å²) in [5.74, 6) is -2.41. The van der Waals surface area contributed by atoms with Crippen molar-refractivity contribution in [1.29, 1.82) is 0 Å². The topological polar surface area (TPSA) is 82.9 Å². The summed E-state index contributed by atoms with van der Waals surface area (Å²) in [6, 6.07) is 13.5. The number of aliphatic carboxylic acids is 1. The van der Waals surface area contributed by atoms with E-state index in [2.05, 4.69) is 10.1 Å². The molecule has 0 saturated heterocycles. The second-order valence-corrected chi connectivity index (χ2v) is 8.83. The van der Waals surface area contributed by atoms with Gasteiger partial charge in [-0.15, -0.1) is 0 Å². The number of aryl methyl sites for hydroxylation is 1. The van der Waals surface area contributed by atoms with Crippen LogP contribution in [0.2, 0.25) is 10.0 Å². The SMILES string of the molecule is Cc1cncc(C2=NN(C(=O)C(F)CC(=O)O)[C@@H](c3ccc(Cl)cc3)C2)c1-c1ccc(Cl)cc1. The van der Waals surface area contributed by atoms with Gasteiger partial charge in [-0.3, -0.25) is 14.6 Å². The molecule has 1 amide bonds. The summed E-state index contributed by atoms with van der Waals surface area (Å²) in [4.78, 5) is 28.2.